The molecule has 0 spiro atoms. The molecule has 0 saturated heterocycles. The zero-order chi connectivity index (χ0) is 31.3. The van der Waals surface area contributed by atoms with E-state index in [4.69, 9.17) is 9.84 Å². The van der Waals surface area contributed by atoms with Crippen LogP contribution in [0.1, 0.15) is 44.6 Å². The highest BCUT2D eigenvalue weighted by Gasteiger charge is 2.33. The predicted octanol–water partition coefficient (Wildman–Crippen LogP) is 6.18. The van der Waals surface area contributed by atoms with E-state index in [0.29, 0.717) is 34.4 Å². The van der Waals surface area contributed by atoms with Crippen LogP contribution < -0.4 is 10.1 Å². The standard InChI is InChI=1S/C33H29FN6O3S2/c1-21-9-11-22(12-10-21)27-18-26(29-8-5-17-44-29)38-40(27)31(41)20-45-33-37-36-30(39(33)24-15-13-23(34)14-16-24)19-35-32(42)25-6-3-4-7-28(25)43-2/h3-17,27H,18-20H2,1-2H3,(H,35,42)/t27-/m1/s1. The number of nitrogens with zero attached hydrogens (tertiary/aromatic N) is 5. The number of hydrogen-bond donors (Lipinski definition) is 1. The number of methoxy groups -OCH3 is 1. The molecular formula is C33H29FN6O3S2. The molecular weight excluding hydrogens is 612 g/mol. The Kier molecular flexibility index (Phi) is 9.03. The molecule has 0 radical (unpaired) electrons. The normalized spacial score (nSPS) is 14.3. The van der Waals surface area contributed by atoms with E-state index in [1.165, 1.54) is 31.0 Å². The highest BCUT2D eigenvalue weighted by molar-refractivity contribution is 7.99. The maximum Gasteiger partial charge on any atom is 0.255 e. The Labute approximate surface area is 267 Å². The summed E-state index contributed by atoms with van der Waals surface area (Å²) in [7, 11) is 1.50. The minimum Gasteiger partial charge on any atom is -0.496 e. The number of hydrogen-bond acceptors (Lipinski definition) is 8. The van der Waals surface area contributed by atoms with E-state index < -0.39 is 5.82 Å². The lowest BCUT2D eigenvalue weighted by molar-refractivity contribution is -0.130. The van der Waals surface area contributed by atoms with Crippen molar-refractivity contribution in [1.29, 1.82) is 0 Å². The Morgan fingerprint density at radius 3 is 2.53 bits per heavy atom. The van der Waals surface area contributed by atoms with Crippen molar-refractivity contribution in [2.45, 2.75) is 31.1 Å². The molecule has 0 saturated carbocycles. The van der Waals surface area contributed by atoms with Gasteiger partial charge in [-0.15, -0.1) is 21.5 Å². The summed E-state index contributed by atoms with van der Waals surface area (Å²) in [6.45, 7) is 2.06. The molecule has 12 heteroatoms. The first-order valence-corrected chi connectivity index (χ1v) is 16.0. The number of hydrazone groups is 1. The third kappa shape index (κ3) is 6.66. The molecule has 9 nitrogen and oxygen atoms in total. The van der Waals surface area contributed by atoms with E-state index in [-0.39, 0.29) is 30.2 Å². The van der Waals surface area contributed by atoms with Gasteiger partial charge in [-0.2, -0.15) is 5.10 Å². The lowest BCUT2D eigenvalue weighted by atomic mass is 10.00. The van der Waals surface area contributed by atoms with Crippen LogP contribution in [-0.2, 0) is 11.3 Å². The number of benzene rings is 3. The van der Waals surface area contributed by atoms with Crippen molar-refractivity contribution >= 4 is 40.6 Å². The fourth-order valence-corrected chi connectivity index (χ4v) is 6.56. The van der Waals surface area contributed by atoms with Gasteiger partial charge in [0, 0.05) is 12.1 Å². The number of aromatic nitrogens is 3. The largest absolute Gasteiger partial charge is 0.496 e. The monoisotopic (exact) mass is 640 g/mol. The van der Waals surface area contributed by atoms with Gasteiger partial charge in [-0.05, 0) is 60.3 Å². The van der Waals surface area contributed by atoms with Crippen molar-refractivity contribution in [2.24, 2.45) is 5.10 Å². The maximum atomic E-state index is 13.8. The number of para-hydroxylation sites is 1. The van der Waals surface area contributed by atoms with Gasteiger partial charge < -0.3 is 10.1 Å². The number of carbonyl (C=O) groups is 2. The molecule has 6 rings (SSSR count). The summed E-state index contributed by atoms with van der Waals surface area (Å²) in [5, 5.41) is 20.3. The van der Waals surface area contributed by atoms with E-state index in [1.54, 1.807) is 57.3 Å². The van der Waals surface area contributed by atoms with Gasteiger partial charge in [-0.1, -0.05) is 59.8 Å². The maximum absolute atomic E-state index is 13.8. The van der Waals surface area contributed by atoms with Crippen molar-refractivity contribution < 1.29 is 18.7 Å². The highest BCUT2D eigenvalue weighted by atomic mass is 32.2. The molecule has 3 aromatic carbocycles. The molecule has 0 bridgehead atoms. The summed E-state index contributed by atoms with van der Waals surface area (Å²) in [5.41, 5.74) is 3.99. The Morgan fingerprint density at radius 1 is 1.02 bits per heavy atom. The van der Waals surface area contributed by atoms with Gasteiger partial charge in [0.1, 0.15) is 11.6 Å². The van der Waals surface area contributed by atoms with Crippen LogP contribution in [0, 0.1) is 12.7 Å². The molecule has 228 valence electrons. The van der Waals surface area contributed by atoms with Crippen molar-refractivity contribution in [3.05, 3.63) is 124 Å². The van der Waals surface area contributed by atoms with Crippen LogP contribution in [0.25, 0.3) is 5.69 Å². The fourth-order valence-electron chi connectivity index (χ4n) is 5.02. The number of ether oxygens (including phenoxy) is 1. The minimum atomic E-state index is -0.391. The fraction of sp³-hybridized carbons (Fsp3) is 0.182. The second-order valence-electron chi connectivity index (χ2n) is 10.3. The van der Waals surface area contributed by atoms with Crippen LogP contribution in [0.15, 0.2) is 101 Å². The number of aryl methyl sites for hydroxylation is 1. The lowest BCUT2D eigenvalue weighted by Gasteiger charge is -2.22. The van der Waals surface area contributed by atoms with Crippen molar-refractivity contribution in [3.8, 4) is 11.4 Å². The summed E-state index contributed by atoms with van der Waals surface area (Å²) in [6, 6.07) is 24.7. The molecule has 0 aliphatic carbocycles. The van der Waals surface area contributed by atoms with Gasteiger partial charge in [-0.25, -0.2) is 9.40 Å². The molecule has 45 heavy (non-hydrogen) atoms. The summed E-state index contributed by atoms with van der Waals surface area (Å²) < 4.78 is 20.8. The van der Waals surface area contributed by atoms with Crippen molar-refractivity contribution in [3.63, 3.8) is 0 Å². The van der Waals surface area contributed by atoms with E-state index >= 15 is 0 Å². The molecule has 1 N–H and O–H groups in total. The molecule has 1 aliphatic rings. The van der Waals surface area contributed by atoms with Crippen LogP contribution in [0.5, 0.6) is 5.75 Å². The van der Waals surface area contributed by atoms with Gasteiger partial charge in [0.2, 0.25) is 0 Å². The molecule has 1 atom stereocenters. The van der Waals surface area contributed by atoms with E-state index in [0.717, 1.165) is 21.7 Å². The number of carbonyl (C=O) groups excluding carboxylic acids is 2. The average Bonchev–Trinajstić information content (AvgIpc) is 3.84. The Hall–Kier alpha value is -4.81. The van der Waals surface area contributed by atoms with Gasteiger partial charge >= 0.3 is 0 Å². The van der Waals surface area contributed by atoms with Gasteiger partial charge in [-0.3, -0.25) is 14.2 Å². The molecule has 5 aromatic rings. The predicted molar refractivity (Wildman–Crippen MR) is 172 cm³/mol. The van der Waals surface area contributed by atoms with Crippen molar-refractivity contribution in [2.75, 3.05) is 12.9 Å². The molecule has 1 aliphatic heterocycles. The first-order chi connectivity index (χ1) is 21.9. The summed E-state index contributed by atoms with van der Waals surface area (Å²) in [5.74, 6) is -0.0241. The summed E-state index contributed by atoms with van der Waals surface area (Å²) >= 11 is 2.80. The topological polar surface area (TPSA) is 102 Å². The second kappa shape index (κ2) is 13.4. The molecule has 2 amide bonds. The van der Waals surface area contributed by atoms with Crippen LogP contribution in [0.3, 0.4) is 0 Å². The Bertz CT molecular complexity index is 1840. The summed E-state index contributed by atoms with van der Waals surface area (Å²) in [6.07, 6.45) is 0.613. The molecule has 3 heterocycles. The van der Waals surface area contributed by atoms with Crippen LogP contribution in [0.2, 0.25) is 0 Å². The quantitative estimate of drug-likeness (QED) is 0.183. The van der Waals surface area contributed by atoms with Crippen LogP contribution in [0.4, 0.5) is 4.39 Å². The number of thiophene rings is 1. The first-order valence-electron chi connectivity index (χ1n) is 14.2. The van der Waals surface area contributed by atoms with Gasteiger partial charge in [0.05, 0.1) is 41.6 Å². The average molecular weight is 641 g/mol. The minimum absolute atomic E-state index is 0.0336. The zero-order valence-corrected chi connectivity index (χ0v) is 26.1. The molecule has 0 unspecified atom stereocenters. The SMILES string of the molecule is COc1ccccc1C(=O)NCc1nnc(SCC(=O)N2N=C(c3cccs3)C[C@@H]2c2ccc(C)cc2)n1-c1ccc(F)cc1. The van der Waals surface area contributed by atoms with Crippen LogP contribution >= 0.6 is 23.1 Å². The molecule has 0 fully saturated rings. The summed E-state index contributed by atoms with van der Waals surface area (Å²) in [4.78, 5) is 27.7. The third-order valence-corrected chi connectivity index (χ3v) is 9.13. The smallest absolute Gasteiger partial charge is 0.255 e. The Balaban J connectivity index is 1.24. The van der Waals surface area contributed by atoms with Gasteiger partial charge in [0.15, 0.2) is 11.0 Å². The van der Waals surface area contributed by atoms with Crippen molar-refractivity contribution in [1.82, 2.24) is 25.1 Å². The second-order valence-corrected chi connectivity index (χ2v) is 12.2. The lowest BCUT2D eigenvalue weighted by Crippen LogP contribution is -2.28. The third-order valence-electron chi connectivity index (χ3n) is 7.30. The number of halogens is 1. The number of amides is 2. The number of thioether (sulfide) groups is 1. The van der Waals surface area contributed by atoms with E-state index in [9.17, 15) is 14.0 Å². The highest BCUT2D eigenvalue weighted by Crippen LogP contribution is 2.35. The van der Waals surface area contributed by atoms with Gasteiger partial charge in [0.25, 0.3) is 11.8 Å². The first kappa shape index (κ1) is 30.2. The number of rotatable bonds is 10. The van der Waals surface area contributed by atoms with Crippen LogP contribution in [-0.4, -0.2) is 50.2 Å². The molecule has 2 aromatic heterocycles. The van der Waals surface area contributed by atoms with E-state index in [2.05, 4.69) is 15.5 Å². The zero-order valence-electron chi connectivity index (χ0n) is 24.5. The Morgan fingerprint density at radius 2 is 1.80 bits per heavy atom. The number of nitrogens with one attached hydrogen (secondary N) is 1. The van der Waals surface area contributed by atoms with E-state index in [1.807, 2.05) is 48.7 Å².